The van der Waals surface area contributed by atoms with Gasteiger partial charge in [-0.15, -0.1) is 0 Å². The molecule has 0 atom stereocenters. The number of sulfonamides is 1. The summed E-state index contributed by atoms with van der Waals surface area (Å²) in [6, 6.07) is 12.4. The number of thiazole rings is 1. The van der Waals surface area contributed by atoms with E-state index in [-0.39, 0.29) is 37.1 Å². The van der Waals surface area contributed by atoms with Crippen molar-refractivity contribution in [3.8, 4) is 0 Å². The molecule has 1 amide bonds. The molecule has 1 aliphatic rings. The van der Waals surface area contributed by atoms with Crippen LogP contribution in [0.15, 0.2) is 47.4 Å². The van der Waals surface area contributed by atoms with Gasteiger partial charge in [-0.1, -0.05) is 17.4 Å². The summed E-state index contributed by atoms with van der Waals surface area (Å²) in [6.07, 6.45) is 0. The summed E-state index contributed by atoms with van der Waals surface area (Å²) >= 11 is 1.74. The molecular weight excluding hydrogens is 538 g/mol. The number of methoxy groups -OCH3 is 2. The number of nitrogens with one attached hydrogen (secondary N) is 1. The molecule has 3 aromatic rings. The zero-order chi connectivity index (χ0) is 27.8. The quantitative estimate of drug-likeness (QED) is 0.332. The molecule has 1 aliphatic heterocycles. The number of aryl methyl sites for hydroxylation is 1. The van der Waals surface area contributed by atoms with Gasteiger partial charge in [-0.25, -0.2) is 13.4 Å². The summed E-state index contributed by atoms with van der Waals surface area (Å²) in [5.74, 6) is -0.224. The maximum Gasteiger partial charge on any atom is 0.251 e. The Morgan fingerprint density at radius 1 is 1.03 bits per heavy atom. The summed E-state index contributed by atoms with van der Waals surface area (Å²) in [4.78, 5) is 22.3. The average molecular weight is 576 g/mol. The van der Waals surface area contributed by atoms with Crippen LogP contribution >= 0.6 is 11.3 Å². The molecule has 2 aromatic carbocycles. The fourth-order valence-electron chi connectivity index (χ4n) is 4.41. The minimum absolute atomic E-state index is 0.132. The Morgan fingerprint density at radius 3 is 2.33 bits per heavy atom. The molecule has 0 bridgehead atoms. The van der Waals surface area contributed by atoms with Gasteiger partial charge in [-0.3, -0.25) is 9.69 Å². The van der Waals surface area contributed by atoms with Crippen molar-refractivity contribution >= 4 is 42.6 Å². The first kappa shape index (κ1) is 29.4. The third kappa shape index (κ3) is 7.53. The zero-order valence-corrected chi connectivity index (χ0v) is 24.4. The van der Waals surface area contributed by atoms with Crippen LogP contribution in [0.4, 0.5) is 5.13 Å². The lowest BCUT2D eigenvalue weighted by Gasteiger charge is -2.34. The van der Waals surface area contributed by atoms with E-state index in [1.807, 2.05) is 0 Å². The first-order chi connectivity index (χ1) is 18.8. The lowest BCUT2D eigenvalue weighted by Crippen LogP contribution is -2.48. The zero-order valence-electron chi connectivity index (χ0n) is 22.8. The minimum atomic E-state index is -3.73. The van der Waals surface area contributed by atoms with Crippen LogP contribution in [0.5, 0.6) is 0 Å². The van der Waals surface area contributed by atoms with Crippen LogP contribution in [0, 0.1) is 6.92 Å². The molecule has 1 N–H and O–H groups in total. The molecule has 0 unspecified atom stereocenters. The normalized spacial score (nSPS) is 14.8. The second-order valence-corrected chi connectivity index (χ2v) is 12.4. The number of nitrogens with zero attached hydrogens (tertiary/aromatic N) is 4. The van der Waals surface area contributed by atoms with Gasteiger partial charge in [-0.2, -0.15) is 4.31 Å². The van der Waals surface area contributed by atoms with Gasteiger partial charge in [-0.05, 0) is 48.9 Å². The van der Waals surface area contributed by atoms with Crippen molar-refractivity contribution in [2.45, 2.75) is 11.8 Å². The molecule has 39 heavy (non-hydrogen) atoms. The Labute approximate surface area is 234 Å². The van der Waals surface area contributed by atoms with E-state index in [1.54, 1.807) is 23.5 Å². The van der Waals surface area contributed by atoms with Crippen LogP contribution in [-0.4, -0.2) is 108 Å². The number of carbonyl (C=O) groups is 1. The summed E-state index contributed by atoms with van der Waals surface area (Å²) < 4.78 is 38.7. The predicted octanol–water partition coefficient (Wildman–Crippen LogP) is 2.44. The summed E-state index contributed by atoms with van der Waals surface area (Å²) in [5, 5.41) is 4.02. The number of hydrogen-bond donors (Lipinski definition) is 1. The molecule has 0 aliphatic carbocycles. The first-order valence-corrected chi connectivity index (χ1v) is 15.3. The Kier molecular flexibility index (Phi) is 10.3. The van der Waals surface area contributed by atoms with E-state index < -0.39 is 10.0 Å². The maximum absolute atomic E-state index is 13.0. The van der Waals surface area contributed by atoms with Gasteiger partial charge < -0.3 is 19.7 Å². The van der Waals surface area contributed by atoms with Crippen LogP contribution in [-0.2, 0) is 19.5 Å². The Bertz CT molecular complexity index is 1330. The van der Waals surface area contributed by atoms with Crippen molar-refractivity contribution in [2.75, 3.05) is 84.7 Å². The van der Waals surface area contributed by atoms with E-state index in [2.05, 4.69) is 40.2 Å². The molecule has 1 fully saturated rings. The fourth-order valence-corrected chi connectivity index (χ4v) is 6.94. The molecule has 212 valence electrons. The molecule has 0 saturated carbocycles. The van der Waals surface area contributed by atoms with Crippen molar-refractivity contribution in [1.29, 1.82) is 0 Å². The molecule has 0 radical (unpaired) electrons. The van der Waals surface area contributed by atoms with Crippen molar-refractivity contribution in [3.63, 3.8) is 0 Å². The van der Waals surface area contributed by atoms with E-state index in [0.29, 0.717) is 12.1 Å². The third-order valence-electron chi connectivity index (χ3n) is 6.73. The maximum atomic E-state index is 13.0. The van der Waals surface area contributed by atoms with Gasteiger partial charge in [0, 0.05) is 72.1 Å². The van der Waals surface area contributed by atoms with Crippen LogP contribution in [0.1, 0.15) is 15.9 Å². The minimum Gasteiger partial charge on any atom is -0.383 e. The molecule has 4 rings (SSSR count). The molecule has 0 spiro atoms. The van der Waals surface area contributed by atoms with Gasteiger partial charge in [0.1, 0.15) is 0 Å². The number of aromatic nitrogens is 1. The average Bonchev–Trinajstić information content (AvgIpc) is 3.36. The van der Waals surface area contributed by atoms with Gasteiger partial charge in [0.25, 0.3) is 5.91 Å². The molecule has 10 nitrogen and oxygen atoms in total. The van der Waals surface area contributed by atoms with Gasteiger partial charge in [0.15, 0.2) is 5.13 Å². The monoisotopic (exact) mass is 575 g/mol. The molecule has 1 aromatic heterocycles. The van der Waals surface area contributed by atoms with Gasteiger partial charge >= 0.3 is 0 Å². The molecular formula is C27H37N5O5S2. The second-order valence-electron chi connectivity index (χ2n) is 9.47. The van der Waals surface area contributed by atoms with Crippen LogP contribution in [0.2, 0.25) is 0 Å². The summed E-state index contributed by atoms with van der Waals surface area (Å²) in [5.41, 5.74) is 2.71. The van der Waals surface area contributed by atoms with E-state index in [9.17, 15) is 13.2 Å². The standard InChI is InChI=1S/C27H37N5O5S2/c1-21-4-9-24-25(20-21)38-27(29-24)31-14-12-30(13-15-31)11-10-28-26(33)22-5-7-23(8-6-22)39(34,35)32(16-18-36-2)17-19-37-3/h4-9,20H,10-19H2,1-3H3,(H,28,33). The highest BCUT2D eigenvalue weighted by atomic mass is 32.2. The summed E-state index contributed by atoms with van der Waals surface area (Å²) in [7, 11) is -0.673. The lowest BCUT2D eigenvalue weighted by atomic mass is 10.2. The number of ether oxygens (including phenoxy) is 2. The highest BCUT2D eigenvalue weighted by Crippen LogP contribution is 2.30. The van der Waals surface area contributed by atoms with Gasteiger partial charge in [0.2, 0.25) is 10.0 Å². The van der Waals surface area contributed by atoms with Crippen molar-refractivity contribution in [1.82, 2.24) is 19.5 Å². The number of piperazine rings is 1. The Balaban J connectivity index is 1.24. The summed E-state index contributed by atoms with van der Waals surface area (Å²) in [6.45, 7) is 7.96. The van der Waals surface area contributed by atoms with Crippen molar-refractivity contribution in [3.05, 3.63) is 53.6 Å². The topological polar surface area (TPSA) is 104 Å². The van der Waals surface area contributed by atoms with Crippen molar-refractivity contribution < 1.29 is 22.7 Å². The SMILES string of the molecule is COCCN(CCOC)S(=O)(=O)c1ccc(C(=O)NCCN2CCN(c3nc4ccc(C)cc4s3)CC2)cc1. The first-order valence-electron chi connectivity index (χ1n) is 13.0. The largest absolute Gasteiger partial charge is 0.383 e. The van der Waals surface area contributed by atoms with Gasteiger partial charge in [0.05, 0.1) is 28.3 Å². The molecule has 12 heteroatoms. The second kappa shape index (κ2) is 13.6. The number of amides is 1. The van der Waals surface area contributed by atoms with Crippen LogP contribution in [0.3, 0.4) is 0 Å². The number of carbonyl (C=O) groups excluding carboxylic acids is 1. The van der Waals surface area contributed by atoms with E-state index in [0.717, 1.165) is 43.4 Å². The van der Waals surface area contributed by atoms with E-state index >= 15 is 0 Å². The highest BCUT2D eigenvalue weighted by Gasteiger charge is 2.24. The number of fused-ring (bicyclic) bond motifs is 1. The number of hydrogen-bond acceptors (Lipinski definition) is 9. The van der Waals surface area contributed by atoms with Crippen LogP contribution < -0.4 is 10.2 Å². The smallest absolute Gasteiger partial charge is 0.251 e. The fraction of sp³-hybridized carbons (Fsp3) is 0.481. The lowest BCUT2D eigenvalue weighted by molar-refractivity contribution is 0.0947. The van der Waals surface area contributed by atoms with E-state index in [1.165, 1.54) is 40.9 Å². The van der Waals surface area contributed by atoms with Crippen LogP contribution in [0.25, 0.3) is 10.2 Å². The highest BCUT2D eigenvalue weighted by molar-refractivity contribution is 7.89. The number of benzene rings is 2. The third-order valence-corrected chi connectivity index (χ3v) is 9.72. The van der Waals surface area contributed by atoms with E-state index in [4.69, 9.17) is 14.5 Å². The number of anilines is 1. The molecule has 2 heterocycles. The molecule has 1 saturated heterocycles. The van der Waals surface area contributed by atoms with Crippen molar-refractivity contribution in [2.24, 2.45) is 0 Å². The Morgan fingerprint density at radius 2 is 1.69 bits per heavy atom. The number of rotatable bonds is 13. The predicted molar refractivity (Wildman–Crippen MR) is 154 cm³/mol. The Hall–Kier alpha value is -2.61.